The molecule has 0 unspecified atom stereocenters. The Morgan fingerprint density at radius 2 is 2.05 bits per heavy atom. The highest BCUT2D eigenvalue weighted by molar-refractivity contribution is 7.18. The third kappa shape index (κ3) is 2.18. The molecule has 5 heteroatoms. The van der Waals surface area contributed by atoms with Crippen LogP contribution in [0.3, 0.4) is 0 Å². The van der Waals surface area contributed by atoms with Gasteiger partial charge in [0.15, 0.2) is 0 Å². The molecule has 0 atom stereocenters. The first kappa shape index (κ1) is 13.3. The standard InChI is InChI=1S/C16H21N3OS/c1-9(2)19-15(20)13-11-5-3-4-6-12(11)21-14(13)18-16(19)17-10-7-8-10/h9-10H,3-8H2,1-2H3,(H,17,18). The Morgan fingerprint density at radius 1 is 1.29 bits per heavy atom. The summed E-state index contributed by atoms with van der Waals surface area (Å²) in [5.41, 5.74) is 1.43. The third-order valence-electron chi connectivity index (χ3n) is 4.45. The summed E-state index contributed by atoms with van der Waals surface area (Å²) >= 11 is 1.73. The van der Waals surface area contributed by atoms with E-state index >= 15 is 0 Å². The van der Waals surface area contributed by atoms with Gasteiger partial charge in [0.25, 0.3) is 5.56 Å². The maximum absolute atomic E-state index is 13.0. The lowest BCUT2D eigenvalue weighted by atomic mass is 9.97. The van der Waals surface area contributed by atoms with E-state index in [0.717, 1.165) is 29.0 Å². The molecule has 0 saturated heterocycles. The second-order valence-corrected chi connectivity index (χ2v) is 7.60. The summed E-state index contributed by atoms with van der Waals surface area (Å²) in [6.07, 6.45) is 6.97. The van der Waals surface area contributed by atoms with Crippen molar-refractivity contribution in [2.24, 2.45) is 0 Å². The number of hydrogen-bond donors (Lipinski definition) is 1. The van der Waals surface area contributed by atoms with Gasteiger partial charge in [-0.25, -0.2) is 4.98 Å². The average molecular weight is 303 g/mol. The predicted octanol–water partition coefficient (Wildman–Crippen LogP) is 3.49. The van der Waals surface area contributed by atoms with Crippen molar-refractivity contribution in [3.8, 4) is 0 Å². The smallest absolute Gasteiger partial charge is 0.264 e. The molecule has 2 aromatic heterocycles. The van der Waals surface area contributed by atoms with Crippen LogP contribution in [0.15, 0.2) is 4.79 Å². The van der Waals surface area contributed by atoms with Crippen molar-refractivity contribution in [2.75, 3.05) is 5.32 Å². The fraction of sp³-hybridized carbons (Fsp3) is 0.625. The number of nitrogens with zero attached hydrogens (tertiary/aromatic N) is 2. The molecule has 1 N–H and O–H groups in total. The molecule has 0 spiro atoms. The molecule has 2 aliphatic rings. The predicted molar refractivity (Wildman–Crippen MR) is 87.6 cm³/mol. The molecule has 0 aromatic carbocycles. The molecule has 21 heavy (non-hydrogen) atoms. The lowest BCUT2D eigenvalue weighted by Gasteiger charge is -2.17. The Bertz CT molecular complexity index is 755. The number of aryl methyl sites for hydroxylation is 2. The maximum atomic E-state index is 13.0. The second kappa shape index (κ2) is 4.83. The molecule has 2 aromatic rings. The fourth-order valence-electron chi connectivity index (χ4n) is 3.21. The number of fused-ring (bicyclic) bond motifs is 3. The van der Waals surface area contributed by atoms with E-state index < -0.39 is 0 Å². The molecule has 2 aliphatic carbocycles. The van der Waals surface area contributed by atoms with Gasteiger partial charge in [-0.3, -0.25) is 9.36 Å². The number of thiophene rings is 1. The monoisotopic (exact) mass is 303 g/mol. The van der Waals surface area contributed by atoms with Crippen LogP contribution >= 0.6 is 11.3 Å². The van der Waals surface area contributed by atoms with Gasteiger partial charge in [-0.15, -0.1) is 11.3 Å². The Balaban J connectivity index is 1.96. The van der Waals surface area contributed by atoms with Crippen LogP contribution in [0.25, 0.3) is 10.2 Å². The van der Waals surface area contributed by atoms with Crippen LogP contribution in [0, 0.1) is 0 Å². The van der Waals surface area contributed by atoms with Crippen molar-refractivity contribution in [2.45, 2.75) is 64.5 Å². The van der Waals surface area contributed by atoms with Gasteiger partial charge in [0.1, 0.15) is 4.83 Å². The summed E-state index contributed by atoms with van der Waals surface area (Å²) in [5.74, 6) is 0.767. The first-order valence-corrected chi connectivity index (χ1v) is 8.80. The largest absolute Gasteiger partial charge is 0.353 e. The van der Waals surface area contributed by atoms with Crippen molar-refractivity contribution in [3.63, 3.8) is 0 Å². The van der Waals surface area contributed by atoms with Crippen molar-refractivity contribution in [1.82, 2.24) is 9.55 Å². The first-order valence-electron chi connectivity index (χ1n) is 7.98. The molecule has 0 bridgehead atoms. The molecule has 2 heterocycles. The Kier molecular flexibility index (Phi) is 3.06. The molecule has 0 aliphatic heterocycles. The van der Waals surface area contributed by atoms with E-state index in [9.17, 15) is 4.79 Å². The highest BCUT2D eigenvalue weighted by Gasteiger charge is 2.26. The zero-order valence-electron chi connectivity index (χ0n) is 12.6. The molecule has 1 saturated carbocycles. The zero-order chi connectivity index (χ0) is 14.6. The normalized spacial score (nSPS) is 18.2. The van der Waals surface area contributed by atoms with Gasteiger partial charge >= 0.3 is 0 Å². The van der Waals surface area contributed by atoms with Crippen LogP contribution in [-0.4, -0.2) is 15.6 Å². The number of anilines is 1. The van der Waals surface area contributed by atoms with Crippen LogP contribution < -0.4 is 10.9 Å². The van der Waals surface area contributed by atoms with Gasteiger partial charge in [0.05, 0.1) is 5.39 Å². The zero-order valence-corrected chi connectivity index (χ0v) is 13.4. The quantitative estimate of drug-likeness (QED) is 0.944. The topological polar surface area (TPSA) is 46.9 Å². The molecule has 4 nitrogen and oxygen atoms in total. The molecule has 0 amide bonds. The SMILES string of the molecule is CC(C)n1c(NC2CC2)nc2sc3c(c2c1=O)CCCC3. The summed E-state index contributed by atoms with van der Waals surface area (Å²) in [5, 5.41) is 4.33. The van der Waals surface area contributed by atoms with E-state index in [1.165, 1.54) is 36.1 Å². The van der Waals surface area contributed by atoms with Crippen LogP contribution in [0.5, 0.6) is 0 Å². The van der Waals surface area contributed by atoms with E-state index in [2.05, 4.69) is 19.2 Å². The van der Waals surface area contributed by atoms with Gasteiger partial charge in [0.2, 0.25) is 5.95 Å². The van der Waals surface area contributed by atoms with Gasteiger partial charge in [0, 0.05) is 17.0 Å². The summed E-state index contributed by atoms with van der Waals surface area (Å²) < 4.78 is 1.85. The summed E-state index contributed by atoms with van der Waals surface area (Å²) in [4.78, 5) is 20.2. The Morgan fingerprint density at radius 3 is 2.76 bits per heavy atom. The molecule has 112 valence electrons. The van der Waals surface area contributed by atoms with Crippen LogP contribution in [-0.2, 0) is 12.8 Å². The average Bonchev–Trinajstić information content (AvgIpc) is 3.16. The first-order chi connectivity index (χ1) is 10.1. The minimum Gasteiger partial charge on any atom is -0.353 e. The molecule has 4 rings (SSSR count). The molecular formula is C16H21N3OS. The number of hydrogen-bond acceptors (Lipinski definition) is 4. The molecule has 0 radical (unpaired) electrons. The van der Waals surface area contributed by atoms with E-state index in [4.69, 9.17) is 4.98 Å². The highest BCUT2D eigenvalue weighted by atomic mass is 32.1. The summed E-state index contributed by atoms with van der Waals surface area (Å²) in [7, 11) is 0. The lowest BCUT2D eigenvalue weighted by Crippen LogP contribution is -2.27. The van der Waals surface area contributed by atoms with E-state index in [1.54, 1.807) is 11.3 Å². The van der Waals surface area contributed by atoms with Crippen LogP contribution in [0.1, 0.15) is 56.0 Å². The van der Waals surface area contributed by atoms with Crippen LogP contribution in [0.2, 0.25) is 0 Å². The highest BCUT2D eigenvalue weighted by Crippen LogP contribution is 2.35. The molecule has 1 fully saturated rings. The van der Waals surface area contributed by atoms with Crippen molar-refractivity contribution < 1.29 is 0 Å². The number of nitrogens with one attached hydrogen (secondary N) is 1. The Hall–Kier alpha value is -1.36. The van der Waals surface area contributed by atoms with Crippen molar-refractivity contribution in [3.05, 3.63) is 20.8 Å². The summed E-state index contributed by atoms with van der Waals surface area (Å²) in [6, 6.07) is 0.642. The fourth-order valence-corrected chi connectivity index (χ4v) is 4.46. The number of rotatable bonds is 3. The van der Waals surface area contributed by atoms with Gasteiger partial charge < -0.3 is 5.32 Å². The molecular weight excluding hydrogens is 282 g/mol. The minimum atomic E-state index is 0.134. The maximum Gasteiger partial charge on any atom is 0.264 e. The van der Waals surface area contributed by atoms with Crippen molar-refractivity contribution in [1.29, 1.82) is 0 Å². The summed E-state index contributed by atoms with van der Waals surface area (Å²) in [6.45, 7) is 4.12. The lowest BCUT2D eigenvalue weighted by molar-refractivity contribution is 0.579. The van der Waals surface area contributed by atoms with Crippen LogP contribution in [0.4, 0.5) is 5.95 Å². The second-order valence-electron chi connectivity index (χ2n) is 6.51. The van der Waals surface area contributed by atoms with Gasteiger partial charge in [-0.1, -0.05) is 0 Å². The minimum absolute atomic E-state index is 0.134. The van der Waals surface area contributed by atoms with E-state index in [0.29, 0.717) is 6.04 Å². The number of aromatic nitrogens is 2. The third-order valence-corrected chi connectivity index (χ3v) is 5.63. The Labute approximate surface area is 128 Å². The van der Waals surface area contributed by atoms with Crippen molar-refractivity contribution >= 4 is 27.5 Å². The van der Waals surface area contributed by atoms with Gasteiger partial charge in [-0.05, 0) is 57.9 Å². The van der Waals surface area contributed by atoms with E-state index in [1.807, 2.05) is 4.57 Å². The van der Waals surface area contributed by atoms with Gasteiger partial charge in [-0.2, -0.15) is 0 Å². The van der Waals surface area contributed by atoms with E-state index in [-0.39, 0.29) is 11.6 Å².